The Balaban J connectivity index is 1.19. The number of carbonyl (C=O) groups excluding carboxylic acids is 4. The predicted molar refractivity (Wildman–Crippen MR) is 213 cm³/mol. The van der Waals surface area contributed by atoms with Gasteiger partial charge in [-0.3, -0.25) is 19.2 Å². The third-order valence-electron chi connectivity index (χ3n) is 11.4. The molecule has 282 valence electrons. The van der Waals surface area contributed by atoms with Crippen LogP contribution in [0, 0.1) is 18.8 Å². The number of rotatable bonds is 13. The number of fused-ring (bicyclic) bond motifs is 1. The van der Waals surface area contributed by atoms with Crippen LogP contribution in [0.15, 0.2) is 84.9 Å². The first-order chi connectivity index (χ1) is 25.8. The molecular weight excluding hydrogens is 681 g/mol. The summed E-state index contributed by atoms with van der Waals surface area (Å²) in [6.07, 6.45) is 8.94. The van der Waals surface area contributed by atoms with Crippen molar-refractivity contribution in [3.8, 4) is 0 Å². The predicted octanol–water partition coefficient (Wildman–Crippen LogP) is 7.23. The lowest BCUT2D eigenvalue weighted by atomic mass is 9.86. The summed E-state index contributed by atoms with van der Waals surface area (Å²) in [5.74, 6) is -0.352. The van der Waals surface area contributed by atoms with Crippen molar-refractivity contribution in [2.24, 2.45) is 11.8 Å². The molecule has 0 bridgehead atoms. The smallest absolute Gasteiger partial charge is 0.249 e. The number of thioether (sulfide) groups is 1. The molecule has 0 saturated carbocycles. The molecule has 2 N–H and O–H groups in total. The molecule has 8 nitrogen and oxygen atoms in total. The fraction of sp³-hybridized carbons (Fsp3) is 0.500. The SMILES string of the molecule is CC[C@@H]1CCC[C@@H]2SCC[C@H](NC(=O)[C@H](CC[C@H](Cc3ccccc3)C(=O)N[C@H]3CCCCN(c4ccccc4C)C3=O)Cc3ccccc3)C(=O)N12. The summed E-state index contributed by atoms with van der Waals surface area (Å²) in [5, 5.41) is 6.59. The van der Waals surface area contributed by atoms with Crippen LogP contribution in [0.1, 0.15) is 87.8 Å². The van der Waals surface area contributed by atoms with E-state index in [4.69, 9.17) is 0 Å². The van der Waals surface area contributed by atoms with E-state index in [0.29, 0.717) is 45.1 Å². The average Bonchev–Trinajstić information content (AvgIpc) is 3.46. The number of para-hydroxylation sites is 1. The Labute approximate surface area is 319 Å². The van der Waals surface area contributed by atoms with E-state index in [1.807, 2.05) is 109 Å². The third-order valence-corrected chi connectivity index (χ3v) is 12.7. The zero-order valence-corrected chi connectivity index (χ0v) is 32.2. The van der Waals surface area contributed by atoms with Gasteiger partial charge in [0.2, 0.25) is 23.6 Å². The molecule has 3 saturated heterocycles. The number of benzene rings is 3. The van der Waals surface area contributed by atoms with Gasteiger partial charge in [-0.15, -0.1) is 11.8 Å². The quantitative estimate of drug-likeness (QED) is 0.193. The number of aryl methyl sites for hydroxylation is 1. The van der Waals surface area contributed by atoms with Crippen LogP contribution in [0.25, 0.3) is 0 Å². The van der Waals surface area contributed by atoms with E-state index in [-0.39, 0.29) is 35.0 Å². The van der Waals surface area contributed by atoms with E-state index < -0.39 is 23.9 Å². The lowest BCUT2D eigenvalue weighted by molar-refractivity contribution is -0.141. The highest BCUT2D eigenvalue weighted by molar-refractivity contribution is 7.99. The van der Waals surface area contributed by atoms with Gasteiger partial charge in [0.25, 0.3) is 0 Å². The van der Waals surface area contributed by atoms with Gasteiger partial charge in [0.1, 0.15) is 12.1 Å². The number of piperidine rings is 1. The molecule has 0 aliphatic carbocycles. The Kier molecular flexibility index (Phi) is 13.7. The van der Waals surface area contributed by atoms with Crippen molar-refractivity contribution >= 4 is 41.1 Å². The summed E-state index contributed by atoms with van der Waals surface area (Å²) in [6.45, 7) is 4.78. The zero-order chi connectivity index (χ0) is 37.2. The summed E-state index contributed by atoms with van der Waals surface area (Å²) in [4.78, 5) is 60.5. The lowest BCUT2D eigenvalue weighted by Crippen LogP contribution is -2.55. The van der Waals surface area contributed by atoms with Crippen molar-refractivity contribution in [1.29, 1.82) is 0 Å². The van der Waals surface area contributed by atoms with Crippen LogP contribution in [0.3, 0.4) is 0 Å². The van der Waals surface area contributed by atoms with Crippen molar-refractivity contribution in [3.63, 3.8) is 0 Å². The maximum Gasteiger partial charge on any atom is 0.249 e. The van der Waals surface area contributed by atoms with E-state index in [9.17, 15) is 19.2 Å². The van der Waals surface area contributed by atoms with Gasteiger partial charge >= 0.3 is 0 Å². The first kappa shape index (κ1) is 38.6. The highest BCUT2D eigenvalue weighted by Gasteiger charge is 2.40. The van der Waals surface area contributed by atoms with Gasteiger partial charge in [-0.2, -0.15) is 0 Å². The molecule has 3 aliphatic rings. The molecule has 0 aromatic heterocycles. The van der Waals surface area contributed by atoms with Crippen molar-refractivity contribution < 1.29 is 19.2 Å². The van der Waals surface area contributed by atoms with Crippen LogP contribution in [0.2, 0.25) is 0 Å². The van der Waals surface area contributed by atoms with Crippen molar-refractivity contribution in [1.82, 2.24) is 15.5 Å². The molecule has 0 radical (unpaired) electrons. The van der Waals surface area contributed by atoms with Crippen molar-refractivity contribution in [2.45, 2.75) is 114 Å². The molecule has 6 rings (SSSR count). The van der Waals surface area contributed by atoms with Gasteiger partial charge in [-0.25, -0.2) is 0 Å². The van der Waals surface area contributed by atoms with Gasteiger partial charge < -0.3 is 20.4 Å². The van der Waals surface area contributed by atoms with Gasteiger partial charge in [0.05, 0.1) is 5.37 Å². The van der Waals surface area contributed by atoms with Crippen molar-refractivity contribution in [2.75, 3.05) is 17.2 Å². The molecule has 6 atom stereocenters. The number of amides is 4. The van der Waals surface area contributed by atoms with E-state index in [1.54, 1.807) is 0 Å². The molecule has 3 aromatic rings. The maximum absolute atomic E-state index is 14.3. The fourth-order valence-electron chi connectivity index (χ4n) is 8.40. The first-order valence-electron chi connectivity index (χ1n) is 19.8. The number of nitrogens with zero attached hydrogens (tertiary/aromatic N) is 2. The standard InChI is InChI=1S/C44H56N4O4S/c1-3-36-20-14-23-40-48(36)44(52)38(26-28-53-40)46-42(50)35(30-33-18-8-5-9-19-33)25-24-34(29-32-16-6-4-7-17-32)41(49)45-37-21-12-13-27-47(43(37)51)39-22-11-10-15-31(39)2/h4-11,15-19,22,34-38,40H,3,12-14,20-21,23-30H2,1-2H3,(H,45,49)(H,46,50)/t34-,35-,36-,37+,38+,40+/m1/s1. The highest BCUT2D eigenvalue weighted by Crippen LogP contribution is 2.35. The zero-order valence-electron chi connectivity index (χ0n) is 31.4. The Hall–Kier alpha value is -4.11. The normalized spacial score (nSPS) is 23.3. The van der Waals surface area contributed by atoms with Crippen LogP contribution in [-0.4, -0.2) is 64.3 Å². The molecule has 53 heavy (non-hydrogen) atoms. The Morgan fingerprint density at radius 3 is 1.91 bits per heavy atom. The molecule has 4 amide bonds. The Morgan fingerprint density at radius 1 is 0.717 bits per heavy atom. The second-order valence-electron chi connectivity index (χ2n) is 15.1. The topological polar surface area (TPSA) is 98.8 Å². The number of hydrogen-bond donors (Lipinski definition) is 2. The Bertz CT molecular complexity index is 1690. The summed E-state index contributed by atoms with van der Waals surface area (Å²) in [5.41, 5.74) is 4.00. The highest BCUT2D eigenvalue weighted by atomic mass is 32.2. The Morgan fingerprint density at radius 2 is 1.30 bits per heavy atom. The van der Waals surface area contributed by atoms with E-state index >= 15 is 0 Å². The van der Waals surface area contributed by atoms with Crippen LogP contribution in [0.4, 0.5) is 5.69 Å². The minimum atomic E-state index is -0.615. The minimum absolute atomic E-state index is 0.0486. The molecule has 3 aromatic carbocycles. The number of anilines is 1. The summed E-state index contributed by atoms with van der Waals surface area (Å²) in [7, 11) is 0. The average molecular weight is 737 g/mol. The monoisotopic (exact) mass is 736 g/mol. The van der Waals surface area contributed by atoms with Crippen LogP contribution >= 0.6 is 11.8 Å². The van der Waals surface area contributed by atoms with E-state index in [0.717, 1.165) is 66.7 Å². The van der Waals surface area contributed by atoms with Gasteiger partial charge in [0, 0.05) is 30.1 Å². The largest absolute Gasteiger partial charge is 0.344 e. The molecule has 3 heterocycles. The summed E-state index contributed by atoms with van der Waals surface area (Å²) >= 11 is 1.85. The van der Waals surface area contributed by atoms with E-state index in [2.05, 4.69) is 22.5 Å². The second kappa shape index (κ2) is 18.8. The van der Waals surface area contributed by atoms with Crippen LogP contribution in [-0.2, 0) is 32.0 Å². The second-order valence-corrected chi connectivity index (χ2v) is 16.4. The van der Waals surface area contributed by atoms with Crippen LogP contribution in [0.5, 0.6) is 0 Å². The third kappa shape index (κ3) is 9.91. The van der Waals surface area contributed by atoms with Crippen LogP contribution < -0.4 is 15.5 Å². The molecule has 3 fully saturated rings. The fourth-order valence-corrected chi connectivity index (χ4v) is 9.81. The van der Waals surface area contributed by atoms with Crippen molar-refractivity contribution in [3.05, 3.63) is 102 Å². The minimum Gasteiger partial charge on any atom is -0.344 e. The molecule has 9 heteroatoms. The van der Waals surface area contributed by atoms with Gasteiger partial charge in [-0.1, -0.05) is 85.8 Å². The van der Waals surface area contributed by atoms with Gasteiger partial charge in [0.15, 0.2) is 0 Å². The number of carbonyl (C=O) groups is 4. The van der Waals surface area contributed by atoms with Gasteiger partial charge in [-0.05, 0) is 112 Å². The first-order valence-corrected chi connectivity index (χ1v) is 20.9. The molecule has 3 aliphatic heterocycles. The molecular formula is C44H56N4O4S. The lowest BCUT2D eigenvalue weighted by Gasteiger charge is -2.41. The molecule has 0 unspecified atom stereocenters. The summed E-state index contributed by atoms with van der Waals surface area (Å²) < 4.78 is 0. The number of hydrogen-bond acceptors (Lipinski definition) is 5. The maximum atomic E-state index is 14.3. The summed E-state index contributed by atoms with van der Waals surface area (Å²) in [6, 6.07) is 26.9. The van der Waals surface area contributed by atoms with E-state index in [1.165, 1.54) is 0 Å². The molecule has 0 spiro atoms. The number of nitrogens with one attached hydrogen (secondary N) is 2.